The van der Waals surface area contributed by atoms with Crippen molar-refractivity contribution in [3.05, 3.63) is 5.56 Å². The molecule has 0 spiro atoms. The van der Waals surface area contributed by atoms with Crippen LogP contribution in [0.25, 0.3) is 11.5 Å². The molecule has 2 rings (SSSR count). The van der Waals surface area contributed by atoms with Crippen LogP contribution in [0.15, 0.2) is 4.52 Å². The molecule has 0 atom stereocenters. The van der Waals surface area contributed by atoms with E-state index in [-0.39, 0.29) is 5.88 Å². The maximum Gasteiger partial charge on any atom is 0.227 e. The fraction of sp³-hybridized carbons (Fsp3) is 0.333. The van der Waals surface area contributed by atoms with Crippen molar-refractivity contribution in [2.45, 2.75) is 6.92 Å². The molecule has 2 N–H and O–H groups in total. The summed E-state index contributed by atoms with van der Waals surface area (Å²) >= 11 is 0. The average molecular weight is 180 g/mol. The summed E-state index contributed by atoms with van der Waals surface area (Å²) in [5.41, 5.74) is 6.74. The minimum Gasteiger partial charge on any atom is -0.367 e. The van der Waals surface area contributed by atoms with Crippen molar-refractivity contribution in [3.63, 3.8) is 0 Å². The van der Waals surface area contributed by atoms with Crippen molar-refractivity contribution in [2.24, 2.45) is 7.05 Å². The topological polar surface area (TPSA) is 95.6 Å². The third-order valence-corrected chi connectivity index (χ3v) is 1.68. The maximum atomic E-state index is 5.47. The lowest BCUT2D eigenvalue weighted by Gasteiger charge is -1.86. The zero-order valence-corrected chi connectivity index (χ0v) is 7.22. The molecule has 0 aliphatic heterocycles. The molecule has 7 nitrogen and oxygen atoms in total. The van der Waals surface area contributed by atoms with Gasteiger partial charge in [-0.15, -0.1) is 10.2 Å². The van der Waals surface area contributed by atoms with Gasteiger partial charge in [-0.3, -0.25) is 0 Å². The van der Waals surface area contributed by atoms with Crippen molar-refractivity contribution in [3.8, 4) is 11.5 Å². The summed E-state index contributed by atoms with van der Waals surface area (Å²) in [4.78, 5) is 1.35. The Balaban J connectivity index is 2.52. The minimum atomic E-state index is 0.280. The van der Waals surface area contributed by atoms with E-state index in [1.165, 1.54) is 4.80 Å². The van der Waals surface area contributed by atoms with Crippen LogP contribution in [-0.2, 0) is 7.05 Å². The highest BCUT2D eigenvalue weighted by Gasteiger charge is 2.15. The largest absolute Gasteiger partial charge is 0.367 e. The molecule has 7 heteroatoms. The Morgan fingerprint density at radius 1 is 1.46 bits per heavy atom. The zero-order chi connectivity index (χ0) is 9.42. The quantitative estimate of drug-likeness (QED) is 0.650. The van der Waals surface area contributed by atoms with Gasteiger partial charge in [0.05, 0.1) is 7.05 Å². The molecule has 0 fully saturated rings. The SMILES string of the molecule is Cc1c(-c2nnn(C)n2)noc1N. The van der Waals surface area contributed by atoms with Crippen LogP contribution in [0.2, 0.25) is 0 Å². The van der Waals surface area contributed by atoms with E-state index in [9.17, 15) is 0 Å². The van der Waals surface area contributed by atoms with Crippen LogP contribution in [0.4, 0.5) is 5.88 Å². The lowest BCUT2D eigenvalue weighted by atomic mass is 10.2. The van der Waals surface area contributed by atoms with Crippen molar-refractivity contribution in [1.29, 1.82) is 0 Å². The molecule has 0 saturated heterocycles. The Bertz CT molecular complexity index is 430. The van der Waals surface area contributed by atoms with Crippen molar-refractivity contribution < 1.29 is 4.52 Å². The molecule has 0 aliphatic carbocycles. The first-order chi connectivity index (χ1) is 6.18. The van der Waals surface area contributed by atoms with Crippen LogP contribution in [0.1, 0.15) is 5.56 Å². The van der Waals surface area contributed by atoms with Gasteiger partial charge in [-0.1, -0.05) is 5.16 Å². The molecule has 2 heterocycles. The molecular formula is C6H8N6O. The Hall–Kier alpha value is -1.92. The first kappa shape index (κ1) is 7.71. The maximum absolute atomic E-state index is 5.47. The Labute approximate surface area is 73.5 Å². The Morgan fingerprint density at radius 2 is 2.23 bits per heavy atom. The van der Waals surface area contributed by atoms with Gasteiger partial charge in [-0.05, 0) is 12.1 Å². The van der Waals surface area contributed by atoms with E-state index < -0.39 is 0 Å². The predicted octanol–water partition coefficient (Wildman–Crippen LogP) is -0.244. The molecule has 0 saturated carbocycles. The molecule has 2 aromatic heterocycles. The van der Waals surface area contributed by atoms with Crippen molar-refractivity contribution >= 4 is 5.88 Å². The van der Waals surface area contributed by atoms with Gasteiger partial charge in [0.2, 0.25) is 11.7 Å². The molecule has 68 valence electrons. The molecule has 0 bridgehead atoms. The first-order valence-electron chi connectivity index (χ1n) is 3.64. The summed E-state index contributed by atoms with van der Waals surface area (Å²) in [6.45, 7) is 1.79. The van der Waals surface area contributed by atoms with E-state index in [1.807, 2.05) is 0 Å². The fourth-order valence-corrected chi connectivity index (χ4v) is 0.936. The van der Waals surface area contributed by atoms with Crippen LogP contribution >= 0.6 is 0 Å². The van der Waals surface area contributed by atoms with Crippen LogP contribution in [0.5, 0.6) is 0 Å². The number of nitrogens with two attached hydrogens (primary N) is 1. The van der Waals surface area contributed by atoms with Gasteiger partial charge in [0.1, 0.15) is 0 Å². The number of aryl methyl sites for hydroxylation is 1. The second kappa shape index (κ2) is 2.54. The van der Waals surface area contributed by atoms with Crippen molar-refractivity contribution in [2.75, 3.05) is 5.73 Å². The number of rotatable bonds is 1. The van der Waals surface area contributed by atoms with Gasteiger partial charge in [0, 0.05) is 5.56 Å². The van der Waals surface area contributed by atoms with Crippen LogP contribution in [0.3, 0.4) is 0 Å². The second-order valence-corrected chi connectivity index (χ2v) is 2.62. The molecule has 0 aliphatic rings. The highest BCUT2D eigenvalue weighted by molar-refractivity contribution is 5.58. The highest BCUT2D eigenvalue weighted by Crippen LogP contribution is 2.21. The first-order valence-corrected chi connectivity index (χ1v) is 3.64. The van der Waals surface area contributed by atoms with Gasteiger partial charge < -0.3 is 10.3 Å². The number of tetrazole rings is 1. The molecule has 2 aromatic rings. The summed E-state index contributed by atoms with van der Waals surface area (Å²) in [7, 11) is 1.68. The van der Waals surface area contributed by atoms with E-state index in [0.29, 0.717) is 11.5 Å². The van der Waals surface area contributed by atoms with E-state index in [0.717, 1.165) is 5.56 Å². The minimum absolute atomic E-state index is 0.280. The third kappa shape index (κ3) is 1.13. The van der Waals surface area contributed by atoms with Gasteiger partial charge in [-0.25, -0.2) is 0 Å². The summed E-state index contributed by atoms with van der Waals surface area (Å²) < 4.78 is 4.77. The number of nitrogens with zero attached hydrogens (tertiary/aromatic N) is 5. The Kier molecular flexibility index (Phi) is 1.51. The zero-order valence-electron chi connectivity index (χ0n) is 7.22. The molecule has 0 amide bonds. The smallest absolute Gasteiger partial charge is 0.227 e. The number of nitrogen functional groups attached to an aromatic ring is 1. The van der Waals surface area contributed by atoms with Crippen LogP contribution < -0.4 is 5.73 Å². The van der Waals surface area contributed by atoms with E-state index in [1.54, 1.807) is 14.0 Å². The predicted molar refractivity (Wildman–Crippen MR) is 43.4 cm³/mol. The molecule has 0 radical (unpaired) electrons. The number of aromatic nitrogens is 5. The third-order valence-electron chi connectivity index (χ3n) is 1.68. The van der Waals surface area contributed by atoms with Crippen LogP contribution in [0, 0.1) is 6.92 Å². The normalized spacial score (nSPS) is 10.6. The number of hydrogen-bond acceptors (Lipinski definition) is 6. The van der Waals surface area contributed by atoms with E-state index >= 15 is 0 Å². The molecular weight excluding hydrogens is 172 g/mol. The average Bonchev–Trinajstić information content (AvgIpc) is 2.62. The fourth-order valence-electron chi connectivity index (χ4n) is 0.936. The summed E-state index contributed by atoms with van der Waals surface area (Å²) in [5, 5.41) is 15.2. The Morgan fingerprint density at radius 3 is 2.69 bits per heavy atom. The second-order valence-electron chi connectivity index (χ2n) is 2.62. The number of hydrogen-bond donors (Lipinski definition) is 1. The van der Waals surface area contributed by atoms with E-state index in [2.05, 4.69) is 20.6 Å². The molecule has 0 aromatic carbocycles. The van der Waals surface area contributed by atoms with Gasteiger partial charge in [0.15, 0.2) is 5.69 Å². The summed E-state index contributed by atoms with van der Waals surface area (Å²) in [6, 6.07) is 0. The van der Waals surface area contributed by atoms with Crippen molar-refractivity contribution in [1.82, 2.24) is 25.4 Å². The molecule has 13 heavy (non-hydrogen) atoms. The van der Waals surface area contributed by atoms with Crippen LogP contribution in [-0.4, -0.2) is 25.4 Å². The lowest BCUT2D eigenvalue weighted by molar-refractivity contribution is 0.438. The lowest BCUT2D eigenvalue weighted by Crippen LogP contribution is -1.92. The summed E-state index contributed by atoms with van der Waals surface area (Å²) in [5.74, 6) is 0.697. The van der Waals surface area contributed by atoms with Gasteiger partial charge in [-0.2, -0.15) is 4.80 Å². The van der Waals surface area contributed by atoms with E-state index in [4.69, 9.17) is 10.3 Å². The number of anilines is 1. The van der Waals surface area contributed by atoms with Gasteiger partial charge in [0.25, 0.3) is 0 Å². The molecule has 0 unspecified atom stereocenters. The standard InChI is InChI=1S/C6H8N6O/c1-3-4(10-13-5(3)7)6-8-11-12(2)9-6/h7H2,1-2H3. The monoisotopic (exact) mass is 180 g/mol. The summed E-state index contributed by atoms with van der Waals surface area (Å²) in [6.07, 6.45) is 0. The van der Waals surface area contributed by atoms with Gasteiger partial charge >= 0.3 is 0 Å². The highest BCUT2D eigenvalue weighted by atomic mass is 16.5.